The Morgan fingerprint density at radius 3 is 2.50 bits per heavy atom. The van der Waals surface area contributed by atoms with Crippen LogP contribution in [0.25, 0.3) is 0 Å². The van der Waals surface area contributed by atoms with Gasteiger partial charge >= 0.3 is 0 Å². The molecule has 1 fully saturated rings. The number of anilines is 3. The van der Waals surface area contributed by atoms with Crippen molar-refractivity contribution in [2.75, 3.05) is 55.8 Å². The number of piperazine rings is 1. The molecule has 0 radical (unpaired) electrons. The van der Waals surface area contributed by atoms with Crippen molar-refractivity contribution in [2.24, 2.45) is 0 Å². The maximum absolute atomic E-state index is 13.0. The van der Waals surface area contributed by atoms with Crippen molar-refractivity contribution < 1.29 is 4.39 Å². The van der Waals surface area contributed by atoms with E-state index in [1.54, 1.807) is 11.0 Å². The van der Waals surface area contributed by atoms with E-state index in [4.69, 9.17) is 5.73 Å². The predicted molar refractivity (Wildman–Crippen MR) is 90.3 cm³/mol. The topological polar surface area (TPSA) is 87.3 Å². The van der Waals surface area contributed by atoms with Crippen LogP contribution in [0.15, 0.2) is 18.3 Å². The first-order valence-corrected chi connectivity index (χ1v) is 7.78. The van der Waals surface area contributed by atoms with Gasteiger partial charge in [-0.1, -0.05) is 0 Å². The summed E-state index contributed by atoms with van der Waals surface area (Å²) in [4.78, 5) is 23.1. The van der Waals surface area contributed by atoms with Crippen molar-refractivity contribution in [3.8, 4) is 0 Å². The van der Waals surface area contributed by atoms with Crippen LogP contribution in [0, 0.1) is 5.82 Å². The lowest BCUT2D eigenvalue weighted by Crippen LogP contribution is -2.46. The Labute approximate surface area is 140 Å². The first kappa shape index (κ1) is 16.3. The maximum atomic E-state index is 13.0. The lowest BCUT2D eigenvalue weighted by atomic mass is 10.3. The molecule has 1 aliphatic rings. The number of pyridine rings is 1. The van der Waals surface area contributed by atoms with Crippen LogP contribution in [0.3, 0.4) is 0 Å². The van der Waals surface area contributed by atoms with Gasteiger partial charge in [0.25, 0.3) is 0 Å². The normalized spacial score (nSPS) is 15.5. The third kappa shape index (κ3) is 3.85. The van der Waals surface area contributed by atoms with Crippen molar-refractivity contribution in [1.82, 2.24) is 24.8 Å². The number of hydrogen-bond acceptors (Lipinski definition) is 8. The summed E-state index contributed by atoms with van der Waals surface area (Å²) < 4.78 is 13.0. The van der Waals surface area contributed by atoms with E-state index in [1.807, 2.05) is 14.1 Å². The summed E-state index contributed by atoms with van der Waals surface area (Å²) in [7, 11) is 3.74. The molecule has 128 valence electrons. The van der Waals surface area contributed by atoms with Crippen molar-refractivity contribution >= 4 is 17.7 Å². The number of hydrogen-bond donors (Lipinski definition) is 1. The van der Waals surface area contributed by atoms with Crippen molar-refractivity contribution in [3.63, 3.8) is 0 Å². The van der Waals surface area contributed by atoms with Crippen LogP contribution >= 0.6 is 0 Å². The molecular weight excluding hydrogens is 311 g/mol. The van der Waals surface area contributed by atoms with Gasteiger partial charge in [0.15, 0.2) is 0 Å². The van der Waals surface area contributed by atoms with E-state index in [9.17, 15) is 4.39 Å². The highest BCUT2D eigenvalue weighted by atomic mass is 19.1. The van der Waals surface area contributed by atoms with E-state index in [-0.39, 0.29) is 11.8 Å². The zero-order chi connectivity index (χ0) is 17.1. The Bertz CT molecular complexity index is 682. The second-order valence-corrected chi connectivity index (χ2v) is 5.90. The Balaban J connectivity index is 1.60. The average Bonchev–Trinajstić information content (AvgIpc) is 2.56. The fourth-order valence-electron chi connectivity index (χ4n) is 2.59. The molecule has 3 heterocycles. The number of nitrogens with two attached hydrogens (primary N) is 1. The molecule has 0 aromatic carbocycles. The standard InChI is InChI=1S/C15H21FN8/c1-22(2)15-20-12(19-14(17)21-15)10-23-5-7-24(8-6-23)13-4-3-11(16)9-18-13/h3-4,9H,5-8,10H2,1-2H3,(H2,17,19,20,21). The molecule has 0 saturated carbocycles. The Morgan fingerprint density at radius 1 is 1.12 bits per heavy atom. The molecule has 0 spiro atoms. The highest BCUT2D eigenvalue weighted by Crippen LogP contribution is 2.15. The molecule has 0 amide bonds. The molecule has 2 N–H and O–H groups in total. The molecule has 0 unspecified atom stereocenters. The minimum atomic E-state index is -0.318. The van der Waals surface area contributed by atoms with Gasteiger partial charge < -0.3 is 15.5 Å². The van der Waals surface area contributed by atoms with Gasteiger partial charge in [-0.05, 0) is 12.1 Å². The molecule has 3 rings (SSSR count). The van der Waals surface area contributed by atoms with Crippen LogP contribution in [-0.4, -0.2) is 65.1 Å². The zero-order valence-electron chi connectivity index (χ0n) is 13.9. The fourth-order valence-corrected chi connectivity index (χ4v) is 2.59. The van der Waals surface area contributed by atoms with Gasteiger partial charge in [-0.3, -0.25) is 4.90 Å². The Morgan fingerprint density at radius 2 is 1.88 bits per heavy atom. The van der Waals surface area contributed by atoms with E-state index in [2.05, 4.69) is 29.7 Å². The second-order valence-electron chi connectivity index (χ2n) is 5.90. The van der Waals surface area contributed by atoms with Gasteiger partial charge in [0, 0.05) is 40.3 Å². The first-order valence-electron chi connectivity index (χ1n) is 7.78. The van der Waals surface area contributed by atoms with E-state index in [0.717, 1.165) is 32.0 Å². The third-order valence-electron chi connectivity index (χ3n) is 3.86. The van der Waals surface area contributed by atoms with Gasteiger partial charge in [0.05, 0.1) is 12.7 Å². The SMILES string of the molecule is CN(C)c1nc(N)nc(CN2CCN(c3ccc(F)cn3)CC2)n1. The molecule has 24 heavy (non-hydrogen) atoms. The number of nitrogen functional groups attached to an aromatic ring is 1. The van der Waals surface area contributed by atoms with Crippen LogP contribution in [-0.2, 0) is 6.54 Å². The predicted octanol–water partition coefficient (Wildman–Crippen LogP) is 0.376. The number of halogens is 1. The van der Waals surface area contributed by atoms with E-state index in [0.29, 0.717) is 18.3 Å². The summed E-state index contributed by atoms with van der Waals surface area (Å²) in [5, 5.41) is 0. The van der Waals surface area contributed by atoms with Gasteiger partial charge in [0.2, 0.25) is 11.9 Å². The smallest absolute Gasteiger partial charge is 0.229 e. The van der Waals surface area contributed by atoms with E-state index >= 15 is 0 Å². The molecule has 0 bridgehead atoms. The van der Waals surface area contributed by atoms with Gasteiger partial charge in [-0.25, -0.2) is 9.37 Å². The van der Waals surface area contributed by atoms with E-state index < -0.39 is 0 Å². The van der Waals surface area contributed by atoms with Crippen LogP contribution in [0.4, 0.5) is 22.1 Å². The van der Waals surface area contributed by atoms with Gasteiger partial charge in [0.1, 0.15) is 17.5 Å². The summed E-state index contributed by atoms with van der Waals surface area (Å²) in [5.41, 5.74) is 5.76. The van der Waals surface area contributed by atoms with Crippen LogP contribution in [0.1, 0.15) is 5.82 Å². The van der Waals surface area contributed by atoms with Crippen molar-refractivity contribution in [1.29, 1.82) is 0 Å². The molecular formula is C15H21FN8. The first-order chi connectivity index (χ1) is 11.5. The van der Waals surface area contributed by atoms with Gasteiger partial charge in [-0.2, -0.15) is 15.0 Å². The molecule has 8 nitrogen and oxygen atoms in total. The van der Waals surface area contributed by atoms with Crippen molar-refractivity contribution in [3.05, 3.63) is 30.0 Å². The van der Waals surface area contributed by atoms with Crippen LogP contribution in [0.2, 0.25) is 0 Å². The number of aromatic nitrogens is 4. The maximum Gasteiger partial charge on any atom is 0.229 e. The van der Waals surface area contributed by atoms with Crippen LogP contribution in [0.5, 0.6) is 0 Å². The van der Waals surface area contributed by atoms with Gasteiger partial charge in [-0.15, -0.1) is 0 Å². The summed E-state index contributed by atoms with van der Waals surface area (Å²) in [5.74, 6) is 1.95. The molecule has 9 heteroatoms. The molecule has 0 atom stereocenters. The summed E-state index contributed by atoms with van der Waals surface area (Å²) in [6.45, 7) is 3.96. The third-order valence-corrected chi connectivity index (χ3v) is 3.86. The minimum absolute atomic E-state index is 0.234. The fraction of sp³-hybridized carbons (Fsp3) is 0.467. The summed E-state index contributed by atoms with van der Waals surface area (Å²) in [6.07, 6.45) is 1.25. The zero-order valence-corrected chi connectivity index (χ0v) is 13.9. The highest BCUT2D eigenvalue weighted by molar-refractivity contribution is 5.38. The highest BCUT2D eigenvalue weighted by Gasteiger charge is 2.19. The number of nitrogens with zero attached hydrogens (tertiary/aromatic N) is 7. The lowest BCUT2D eigenvalue weighted by molar-refractivity contribution is 0.243. The Kier molecular flexibility index (Phi) is 4.70. The summed E-state index contributed by atoms with van der Waals surface area (Å²) in [6, 6.07) is 3.14. The second kappa shape index (κ2) is 6.91. The largest absolute Gasteiger partial charge is 0.368 e. The number of rotatable bonds is 4. The average molecular weight is 332 g/mol. The molecule has 2 aromatic rings. The van der Waals surface area contributed by atoms with Crippen LogP contribution < -0.4 is 15.5 Å². The molecule has 2 aromatic heterocycles. The summed E-state index contributed by atoms with van der Waals surface area (Å²) >= 11 is 0. The lowest BCUT2D eigenvalue weighted by Gasteiger charge is -2.35. The Hall–Kier alpha value is -2.55. The minimum Gasteiger partial charge on any atom is -0.368 e. The van der Waals surface area contributed by atoms with Crippen molar-refractivity contribution in [2.45, 2.75) is 6.54 Å². The quantitative estimate of drug-likeness (QED) is 0.860. The molecule has 0 aliphatic carbocycles. The molecule has 1 aliphatic heterocycles. The van der Waals surface area contributed by atoms with E-state index in [1.165, 1.54) is 12.3 Å². The monoisotopic (exact) mass is 332 g/mol. The molecule has 1 saturated heterocycles.